The molecule has 0 heterocycles. The van der Waals surface area contributed by atoms with Crippen LogP contribution in [0.25, 0.3) is 0 Å². The van der Waals surface area contributed by atoms with Gasteiger partial charge in [-0.1, -0.05) is 24.3 Å². The van der Waals surface area contributed by atoms with Crippen molar-refractivity contribution >= 4 is 5.97 Å². The number of hydrogen-bond acceptors (Lipinski definition) is 2. The summed E-state index contributed by atoms with van der Waals surface area (Å²) >= 11 is 0. The number of rotatable bonds is 5. The lowest BCUT2D eigenvalue weighted by atomic mass is 9.97. The number of hydrogen-bond donors (Lipinski definition) is 1. The smallest absolute Gasteiger partial charge is 0.310 e. The van der Waals surface area contributed by atoms with Gasteiger partial charge in [0.25, 0.3) is 0 Å². The first-order valence-corrected chi connectivity index (χ1v) is 5.39. The zero-order valence-corrected chi connectivity index (χ0v) is 9.93. The van der Waals surface area contributed by atoms with Crippen LogP contribution in [0.5, 0.6) is 0 Å². The molecule has 3 heteroatoms. The molecule has 2 atom stereocenters. The Morgan fingerprint density at radius 3 is 2.69 bits per heavy atom. The molecule has 0 bridgehead atoms. The predicted molar refractivity (Wildman–Crippen MR) is 62.7 cm³/mol. The highest BCUT2D eigenvalue weighted by Gasteiger charge is 2.13. The molecule has 0 amide bonds. The van der Waals surface area contributed by atoms with Gasteiger partial charge in [-0.3, -0.25) is 4.79 Å². The number of methoxy groups -OCH3 is 1. The van der Waals surface area contributed by atoms with Crippen LogP contribution in [-0.2, 0) is 16.0 Å². The van der Waals surface area contributed by atoms with Crippen LogP contribution < -0.4 is 0 Å². The third-order valence-electron chi connectivity index (χ3n) is 2.75. The number of carboxylic acid groups (broad SMARTS) is 1. The third kappa shape index (κ3) is 3.35. The average molecular weight is 222 g/mol. The fraction of sp³-hybridized carbons (Fsp3) is 0.462. The molecule has 0 spiro atoms. The molecule has 1 aromatic rings. The number of carbonyl (C=O) groups is 1. The van der Waals surface area contributed by atoms with Crippen molar-refractivity contribution in [2.24, 2.45) is 0 Å². The van der Waals surface area contributed by atoms with Crippen molar-refractivity contribution in [2.45, 2.75) is 32.3 Å². The summed E-state index contributed by atoms with van der Waals surface area (Å²) in [6.45, 7) is 3.69. The summed E-state index contributed by atoms with van der Waals surface area (Å²) in [5.41, 5.74) is 1.95. The van der Waals surface area contributed by atoms with Crippen molar-refractivity contribution in [3.8, 4) is 0 Å². The lowest BCUT2D eigenvalue weighted by Gasteiger charge is -2.12. The number of carboxylic acids is 1. The highest BCUT2D eigenvalue weighted by Crippen LogP contribution is 2.17. The lowest BCUT2D eigenvalue weighted by Crippen LogP contribution is -2.10. The quantitative estimate of drug-likeness (QED) is 0.832. The largest absolute Gasteiger partial charge is 0.481 e. The Labute approximate surface area is 96.1 Å². The van der Waals surface area contributed by atoms with Gasteiger partial charge in [-0.15, -0.1) is 0 Å². The molecular weight excluding hydrogens is 204 g/mol. The second kappa shape index (κ2) is 5.66. The Morgan fingerprint density at radius 2 is 2.12 bits per heavy atom. The lowest BCUT2D eigenvalue weighted by molar-refractivity contribution is -0.138. The van der Waals surface area contributed by atoms with Crippen LogP contribution in [0.15, 0.2) is 24.3 Å². The summed E-state index contributed by atoms with van der Waals surface area (Å²) < 4.78 is 5.19. The Hall–Kier alpha value is -1.35. The van der Waals surface area contributed by atoms with Gasteiger partial charge in [0, 0.05) is 7.11 Å². The van der Waals surface area contributed by atoms with Gasteiger partial charge in [0.2, 0.25) is 0 Å². The van der Waals surface area contributed by atoms with Crippen LogP contribution in [-0.4, -0.2) is 24.3 Å². The normalized spacial score (nSPS) is 14.4. The molecule has 0 aliphatic heterocycles. The van der Waals surface area contributed by atoms with E-state index in [0.717, 1.165) is 17.5 Å². The summed E-state index contributed by atoms with van der Waals surface area (Å²) in [6, 6.07) is 7.67. The van der Waals surface area contributed by atoms with Crippen LogP contribution in [0, 0.1) is 0 Å². The van der Waals surface area contributed by atoms with Crippen LogP contribution >= 0.6 is 0 Å². The summed E-state index contributed by atoms with van der Waals surface area (Å²) in [6.07, 6.45) is 0.951. The number of benzene rings is 1. The van der Waals surface area contributed by atoms with Crippen molar-refractivity contribution in [2.75, 3.05) is 7.11 Å². The van der Waals surface area contributed by atoms with E-state index in [0.29, 0.717) is 0 Å². The summed E-state index contributed by atoms with van der Waals surface area (Å²) in [4.78, 5) is 10.9. The van der Waals surface area contributed by atoms with E-state index < -0.39 is 11.9 Å². The Balaban J connectivity index is 2.82. The first-order chi connectivity index (χ1) is 7.54. The maximum absolute atomic E-state index is 10.9. The van der Waals surface area contributed by atoms with Crippen LogP contribution in [0.1, 0.15) is 30.9 Å². The Bertz CT molecular complexity index is 360. The van der Waals surface area contributed by atoms with E-state index in [1.807, 2.05) is 31.2 Å². The van der Waals surface area contributed by atoms with Gasteiger partial charge in [-0.25, -0.2) is 0 Å². The van der Waals surface area contributed by atoms with Crippen molar-refractivity contribution in [1.29, 1.82) is 0 Å². The molecule has 1 rings (SSSR count). The highest BCUT2D eigenvalue weighted by atomic mass is 16.5. The van der Waals surface area contributed by atoms with Crippen LogP contribution in [0.3, 0.4) is 0 Å². The molecule has 0 aliphatic carbocycles. The molecular formula is C13H18O3. The first-order valence-electron chi connectivity index (χ1n) is 5.39. The summed E-state index contributed by atoms with van der Waals surface area (Å²) in [5.74, 6) is -1.25. The molecule has 0 aromatic heterocycles. The van der Waals surface area contributed by atoms with Crippen molar-refractivity contribution < 1.29 is 14.6 Å². The van der Waals surface area contributed by atoms with Crippen molar-refractivity contribution in [1.82, 2.24) is 0 Å². The molecule has 0 fully saturated rings. The van der Waals surface area contributed by atoms with Crippen molar-refractivity contribution in [3.63, 3.8) is 0 Å². The molecule has 2 unspecified atom stereocenters. The van der Waals surface area contributed by atoms with E-state index in [4.69, 9.17) is 9.84 Å². The van der Waals surface area contributed by atoms with E-state index in [1.165, 1.54) is 0 Å². The Kier molecular flexibility index (Phi) is 4.50. The molecule has 0 saturated carbocycles. The van der Waals surface area contributed by atoms with Gasteiger partial charge in [0.15, 0.2) is 0 Å². The fourth-order valence-corrected chi connectivity index (χ4v) is 1.55. The number of aliphatic carboxylic acids is 1. The van der Waals surface area contributed by atoms with E-state index >= 15 is 0 Å². The van der Waals surface area contributed by atoms with Crippen molar-refractivity contribution in [3.05, 3.63) is 35.4 Å². The Morgan fingerprint density at radius 1 is 1.44 bits per heavy atom. The minimum absolute atomic E-state index is 0.149. The molecule has 0 saturated heterocycles. The first kappa shape index (κ1) is 12.7. The van der Waals surface area contributed by atoms with Crippen LogP contribution in [0.2, 0.25) is 0 Å². The maximum atomic E-state index is 10.9. The van der Waals surface area contributed by atoms with Gasteiger partial charge >= 0.3 is 5.97 Å². The standard InChI is InChI=1S/C13H18O3/c1-9(16-3)7-11-5-4-6-12(8-11)10(2)13(14)15/h4-6,8-10H,7H2,1-3H3,(H,14,15). The van der Waals surface area contributed by atoms with E-state index in [2.05, 4.69) is 0 Å². The molecule has 1 N–H and O–H groups in total. The zero-order valence-electron chi connectivity index (χ0n) is 9.93. The molecule has 0 aliphatic rings. The second-order valence-electron chi connectivity index (χ2n) is 4.06. The van der Waals surface area contributed by atoms with E-state index in [1.54, 1.807) is 14.0 Å². The van der Waals surface area contributed by atoms with Gasteiger partial charge < -0.3 is 9.84 Å². The van der Waals surface area contributed by atoms with Gasteiger partial charge in [-0.2, -0.15) is 0 Å². The maximum Gasteiger partial charge on any atom is 0.310 e. The number of ether oxygens (including phenoxy) is 1. The third-order valence-corrected chi connectivity index (χ3v) is 2.75. The summed E-state index contributed by atoms with van der Waals surface area (Å²) in [5, 5.41) is 8.93. The van der Waals surface area contributed by atoms with Gasteiger partial charge in [0.05, 0.1) is 12.0 Å². The monoisotopic (exact) mass is 222 g/mol. The van der Waals surface area contributed by atoms with E-state index in [9.17, 15) is 4.79 Å². The van der Waals surface area contributed by atoms with Gasteiger partial charge in [0.1, 0.15) is 0 Å². The minimum atomic E-state index is -0.795. The van der Waals surface area contributed by atoms with Crippen LogP contribution in [0.4, 0.5) is 0 Å². The summed E-state index contributed by atoms with van der Waals surface area (Å²) in [7, 11) is 1.67. The predicted octanol–water partition coefficient (Wildman–Crippen LogP) is 2.45. The molecule has 88 valence electrons. The molecule has 1 aromatic carbocycles. The van der Waals surface area contributed by atoms with Gasteiger partial charge in [-0.05, 0) is 31.4 Å². The average Bonchev–Trinajstić information content (AvgIpc) is 2.28. The minimum Gasteiger partial charge on any atom is -0.481 e. The molecule has 3 nitrogen and oxygen atoms in total. The second-order valence-corrected chi connectivity index (χ2v) is 4.06. The molecule has 0 radical (unpaired) electrons. The SMILES string of the molecule is COC(C)Cc1cccc(C(C)C(=O)O)c1. The fourth-order valence-electron chi connectivity index (χ4n) is 1.55. The van der Waals surface area contributed by atoms with E-state index in [-0.39, 0.29) is 6.10 Å². The highest BCUT2D eigenvalue weighted by molar-refractivity contribution is 5.75. The molecule has 16 heavy (non-hydrogen) atoms. The topological polar surface area (TPSA) is 46.5 Å². The zero-order chi connectivity index (χ0) is 12.1.